The number of methoxy groups -OCH3 is 1. The topological polar surface area (TPSA) is 155 Å². The van der Waals surface area contributed by atoms with Crippen molar-refractivity contribution >= 4 is 19.8 Å². The summed E-state index contributed by atoms with van der Waals surface area (Å²) in [7, 11) is -3.08. The van der Waals surface area contributed by atoms with Gasteiger partial charge in [0.25, 0.3) is 0 Å². The molecule has 0 aliphatic heterocycles. The SMILES string of the molecule is COc1ccccc1CCC(=O)Oc1cccc(OP(=O)(O)OC[C@H](N)C(=O)O)c1. The number of phosphoric acid groups is 1. The molecule has 0 fully saturated rings. The second kappa shape index (κ2) is 10.7. The molecule has 2 aromatic carbocycles. The second-order valence-electron chi connectivity index (χ2n) is 6.06. The number of carboxylic acid groups (broad SMARTS) is 1. The third-order valence-corrected chi connectivity index (χ3v) is 4.70. The number of hydrogen-bond donors (Lipinski definition) is 3. The molecule has 162 valence electrons. The van der Waals surface area contributed by atoms with E-state index in [9.17, 15) is 19.0 Å². The number of benzene rings is 2. The van der Waals surface area contributed by atoms with Crippen molar-refractivity contribution in [3.8, 4) is 17.2 Å². The normalized spacial score (nSPS) is 13.7. The molecule has 0 bridgehead atoms. The van der Waals surface area contributed by atoms with E-state index < -0.39 is 32.4 Å². The zero-order chi connectivity index (χ0) is 22.1. The smallest absolute Gasteiger partial charge is 0.496 e. The van der Waals surface area contributed by atoms with Crippen molar-refractivity contribution in [2.24, 2.45) is 5.73 Å². The van der Waals surface area contributed by atoms with E-state index in [1.807, 2.05) is 18.2 Å². The first-order valence-electron chi connectivity index (χ1n) is 8.78. The lowest BCUT2D eigenvalue weighted by atomic mass is 10.1. The molecule has 0 saturated heterocycles. The monoisotopic (exact) mass is 439 g/mol. The Morgan fingerprint density at radius 2 is 1.83 bits per heavy atom. The van der Waals surface area contributed by atoms with Gasteiger partial charge in [0.2, 0.25) is 0 Å². The summed E-state index contributed by atoms with van der Waals surface area (Å²) in [6.07, 6.45) is 0.489. The van der Waals surface area contributed by atoms with Crippen LogP contribution in [0.3, 0.4) is 0 Å². The number of ether oxygens (including phenoxy) is 2. The Balaban J connectivity index is 1.92. The van der Waals surface area contributed by atoms with Crippen LogP contribution in [0, 0.1) is 0 Å². The molecule has 2 atom stereocenters. The molecule has 30 heavy (non-hydrogen) atoms. The third-order valence-electron chi connectivity index (χ3n) is 3.78. The van der Waals surface area contributed by atoms with Crippen LogP contribution >= 0.6 is 7.82 Å². The van der Waals surface area contributed by atoms with E-state index >= 15 is 0 Å². The van der Waals surface area contributed by atoms with Gasteiger partial charge in [-0.25, -0.2) is 4.57 Å². The van der Waals surface area contributed by atoms with Crippen molar-refractivity contribution in [3.05, 3.63) is 54.1 Å². The number of carboxylic acids is 1. The summed E-state index contributed by atoms with van der Waals surface area (Å²) in [5, 5.41) is 8.66. The van der Waals surface area contributed by atoms with Crippen LogP contribution in [-0.4, -0.2) is 41.7 Å². The number of hydrogen-bond acceptors (Lipinski definition) is 8. The molecule has 0 aliphatic rings. The standard InChI is InChI=1S/C19H22NO9P/c1-26-17-8-3-2-5-13(17)9-10-18(21)28-14-6-4-7-15(11-14)29-30(24,25)27-12-16(20)19(22)23/h2-8,11,16H,9-10,12,20H2,1H3,(H,22,23)(H,24,25)/t16-/m0/s1. The fourth-order valence-corrected chi connectivity index (χ4v) is 3.11. The molecule has 1 unspecified atom stereocenters. The second-order valence-corrected chi connectivity index (χ2v) is 7.44. The predicted molar refractivity (Wildman–Crippen MR) is 105 cm³/mol. The summed E-state index contributed by atoms with van der Waals surface area (Å²) < 4.78 is 31.8. The number of esters is 1. The fourth-order valence-electron chi connectivity index (χ4n) is 2.33. The number of carbonyl (C=O) groups is 2. The van der Waals surface area contributed by atoms with Gasteiger partial charge >= 0.3 is 19.8 Å². The van der Waals surface area contributed by atoms with Crippen molar-refractivity contribution in [2.45, 2.75) is 18.9 Å². The fraction of sp³-hybridized carbons (Fsp3) is 0.263. The quantitative estimate of drug-likeness (QED) is 0.269. The van der Waals surface area contributed by atoms with E-state index in [-0.39, 0.29) is 17.9 Å². The summed E-state index contributed by atoms with van der Waals surface area (Å²) in [4.78, 5) is 32.4. The minimum Gasteiger partial charge on any atom is -0.496 e. The molecule has 0 aromatic heterocycles. The van der Waals surface area contributed by atoms with Gasteiger partial charge in [0.05, 0.1) is 20.1 Å². The molecular formula is C19H22NO9P. The lowest BCUT2D eigenvalue weighted by molar-refractivity contribution is -0.139. The first-order valence-corrected chi connectivity index (χ1v) is 10.3. The van der Waals surface area contributed by atoms with Crippen LogP contribution in [-0.2, 0) is 25.1 Å². The Kier molecular flexibility index (Phi) is 8.37. The van der Waals surface area contributed by atoms with Crippen LogP contribution in [0.2, 0.25) is 0 Å². The number of rotatable bonds is 11. The number of aryl methyl sites for hydroxylation is 1. The van der Waals surface area contributed by atoms with Gasteiger partial charge in [0.1, 0.15) is 23.3 Å². The van der Waals surface area contributed by atoms with Crippen molar-refractivity contribution in [1.82, 2.24) is 0 Å². The van der Waals surface area contributed by atoms with Crippen LogP contribution < -0.4 is 19.7 Å². The molecule has 0 saturated carbocycles. The number of nitrogens with two attached hydrogens (primary N) is 1. The molecule has 0 aliphatic carbocycles. The van der Waals surface area contributed by atoms with Gasteiger partial charge in [-0.3, -0.25) is 19.0 Å². The minimum atomic E-state index is -4.62. The number of aliphatic carboxylic acids is 1. The van der Waals surface area contributed by atoms with Gasteiger partial charge in [-0.2, -0.15) is 0 Å². The van der Waals surface area contributed by atoms with Crippen LogP contribution in [0.25, 0.3) is 0 Å². The van der Waals surface area contributed by atoms with Gasteiger partial charge in [0.15, 0.2) is 0 Å². The number of para-hydroxylation sites is 1. The molecule has 2 rings (SSSR count). The number of carbonyl (C=O) groups excluding carboxylic acids is 1. The van der Waals surface area contributed by atoms with Gasteiger partial charge in [-0.1, -0.05) is 24.3 Å². The highest BCUT2D eigenvalue weighted by Gasteiger charge is 2.26. The molecule has 2 aromatic rings. The molecule has 0 amide bonds. The molecule has 4 N–H and O–H groups in total. The average molecular weight is 439 g/mol. The first kappa shape index (κ1) is 23.4. The average Bonchev–Trinajstić information content (AvgIpc) is 2.70. The van der Waals surface area contributed by atoms with E-state index in [2.05, 4.69) is 4.52 Å². The minimum absolute atomic E-state index is 0.0835. The Bertz CT molecular complexity index is 934. The Morgan fingerprint density at radius 3 is 2.53 bits per heavy atom. The molecule has 11 heteroatoms. The highest BCUT2D eigenvalue weighted by molar-refractivity contribution is 7.47. The van der Waals surface area contributed by atoms with Crippen molar-refractivity contribution in [2.75, 3.05) is 13.7 Å². The molecule has 0 radical (unpaired) electrons. The maximum Gasteiger partial charge on any atom is 0.527 e. The van der Waals surface area contributed by atoms with Crippen LogP contribution in [0.5, 0.6) is 17.2 Å². The van der Waals surface area contributed by atoms with Crippen LogP contribution in [0.1, 0.15) is 12.0 Å². The predicted octanol–water partition coefficient (Wildman–Crippen LogP) is 2.14. The Hall–Kier alpha value is -2.91. The van der Waals surface area contributed by atoms with Gasteiger partial charge in [-0.15, -0.1) is 0 Å². The Morgan fingerprint density at radius 1 is 1.13 bits per heavy atom. The maximum atomic E-state index is 12.1. The lowest BCUT2D eigenvalue weighted by Crippen LogP contribution is -2.34. The maximum absolute atomic E-state index is 12.1. The molecule has 0 heterocycles. The number of phosphoric ester groups is 1. The summed E-state index contributed by atoms with van der Waals surface area (Å²) in [6, 6.07) is 11.3. The zero-order valence-electron chi connectivity index (χ0n) is 16.1. The van der Waals surface area contributed by atoms with Gasteiger partial charge in [0, 0.05) is 6.07 Å². The van der Waals surface area contributed by atoms with Crippen molar-refractivity contribution in [3.63, 3.8) is 0 Å². The molecule has 10 nitrogen and oxygen atoms in total. The van der Waals surface area contributed by atoms with Crippen LogP contribution in [0.4, 0.5) is 0 Å². The molecule has 0 spiro atoms. The van der Waals surface area contributed by atoms with Crippen molar-refractivity contribution in [1.29, 1.82) is 0 Å². The highest BCUT2D eigenvalue weighted by Crippen LogP contribution is 2.44. The summed E-state index contributed by atoms with van der Waals surface area (Å²) in [5.74, 6) is -1.26. The lowest BCUT2D eigenvalue weighted by Gasteiger charge is -2.15. The zero-order valence-corrected chi connectivity index (χ0v) is 17.0. The highest BCUT2D eigenvalue weighted by atomic mass is 31.2. The van der Waals surface area contributed by atoms with Gasteiger partial charge < -0.3 is 24.8 Å². The van der Waals surface area contributed by atoms with Crippen molar-refractivity contribution < 1.29 is 42.7 Å². The van der Waals surface area contributed by atoms with Gasteiger partial charge in [-0.05, 0) is 30.2 Å². The van der Waals surface area contributed by atoms with E-state index in [0.29, 0.717) is 12.2 Å². The van der Waals surface area contributed by atoms with E-state index in [0.717, 1.165) is 5.56 Å². The van der Waals surface area contributed by atoms with Crippen LogP contribution in [0.15, 0.2) is 48.5 Å². The van der Waals surface area contributed by atoms with E-state index in [4.69, 9.17) is 24.8 Å². The summed E-state index contributed by atoms with van der Waals surface area (Å²) in [6.45, 7) is -0.721. The van der Waals surface area contributed by atoms with E-state index in [1.54, 1.807) is 13.2 Å². The summed E-state index contributed by atoms with van der Waals surface area (Å²) in [5.41, 5.74) is 6.06. The molecular weight excluding hydrogens is 417 g/mol. The first-order chi connectivity index (χ1) is 14.2. The summed E-state index contributed by atoms with van der Waals surface area (Å²) >= 11 is 0. The third kappa shape index (κ3) is 7.49. The Labute approximate surface area is 172 Å². The van der Waals surface area contributed by atoms with E-state index in [1.165, 1.54) is 24.3 Å². The largest absolute Gasteiger partial charge is 0.527 e.